The number of para-hydroxylation sites is 1. The van der Waals surface area contributed by atoms with Gasteiger partial charge < -0.3 is 19.7 Å². The number of esters is 1. The van der Waals surface area contributed by atoms with Crippen LogP contribution < -0.4 is 15.1 Å². The van der Waals surface area contributed by atoms with Gasteiger partial charge in [-0.1, -0.05) is 39.0 Å². The summed E-state index contributed by atoms with van der Waals surface area (Å²) in [5, 5.41) is 19.5. The number of nitrogens with zero attached hydrogens (tertiary/aromatic N) is 2. The van der Waals surface area contributed by atoms with Crippen molar-refractivity contribution < 1.29 is 28.6 Å². The number of anilines is 1. The molecular weight excluding hydrogens is 474 g/mol. The predicted molar refractivity (Wildman–Crippen MR) is 127 cm³/mol. The van der Waals surface area contributed by atoms with Gasteiger partial charge in [0.15, 0.2) is 5.95 Å². The third kappa shape index (κ3) is 4.97. The topological polar surface area (TPSA) is 108 Å². The number of amides is 1. The summed E-state index contributed by atoms with van der Waals surface area (Å²) in [5.74, 6) is -0.937. The molecule has 1 N–H and O–H groups in total. The fourth-order valence-corrected chi connectivity index (χ4v) is 6.21. The number of carbonyl (C=O) groups is 2. The van der Waals surface area contributed by atoms with Gasteiger partial charge in [-0.05, 0) is 52.6 Å². The molecule has 0 spiro atoms. The Bertz CT molecular complexity index is 1200. The Morgan fingerprint density at radius 3 is 2.74 bits per heavy atom. The fourth-order valence-electron chi connectivity index (χ4n) is 4.12. The Morgan fingerprint density at radius 1 is 1.32 bits per heavy atom. The number of hydrogen-bond donors (Lipinski definition) is 1. The van der Waals surface area contributed by atoms with Crippen molar-refractivity contribution in [3.05, 3.63) is 46.3 Å². The average molecular weight is 502 g/mol. The van der Waals surface area contributed by atoms with E-state index in [0.29, 0.717) is 22.2 Å². The van der Waals surface area contributed by atoms with Gasteiger partial charge >= 0.3 is 5.97 Å². The number of aromatic nitrogens is 2. The van der Waals surface area contributed by atoms with Gasteiger partial charge in [0.2, 0.25) is 11.6 Å². The highest BCUT2D eigenvalue weighted by molar-refractivity contribution is 7.99. The van der Waals surface area contributed by atoms with E-state index in [1.807, 2.05) is 18.2 Å². The van der Waals surface area contributed by atoms with Crippen molar-refractivity contribution in [1.29, 1.82) is 0 Å². The van der Waals surface area contributed by atoms with Gasteiger partial charge in [-0.25, -0.2) is 4.79 Å². The van der Waals surface area contributed by atoms with Gasteiger partial charge in [0.1, 0.15) is 5.00 Å². The molecule has 1 aromatic carbocycles. The first kappa shape index (κ1) is 24.3. The molecule has 8 nitrogen and oxygen atoms in total. The van der Waals surface area contributed by atoms with Crippen LogP contribution in [-0.2, 0) is 22.4 Å². The summed E-state index contributed by atoms with van der Waals surface area (Å²) in [4.78, 5) is 26.5. The van der Waals surface area contributed by atoms with E-state index < -0.39 is 11.9 Å². The molecule has 1 atom stereocenters. The van der Waals surface area contributed by atoms with Crippen LogP contribution in [-0.4, -0.2) is 30.0 Å². The number of thioether (sulfide) groups is 1. The van der Waals surface area contributed by atoms with Crippen LogP contribution in [0.5, 0.6) is 5.95 Å². The molecule has 1 amide bonds. The SMILES string of the molecule is COC(=O)c1c(NC(=O)CSc2c([O-])on[n+]2-c2ccccc2)sc2c1CCC(C(C)(C)C)C2. The highest BCUT2D eigenvalue weighted by Crippen LogP contribution is 2.44. The number of fused-ring (bicyclic) bond motifs is 1. The minimum atomic E-state index is -0.614. The van der Waals surface area contributed by atoms with Crippen molar-refractivity contribution in [2.75, 3.05) is 18.2 Å². The predicted octanol–water partition coefficient (Wildman–Crippen LogP) is 3.75. The summed E-state index contributed by atoms with van der Waals surface area (Å²) in [5.41, 5.74) is 2.24. The molecule has 0 saturated carbocycles. The largest absolute Gasteiger partial charge is 0.538 e. The Balaban J connectivity index is 1.52. The molecule has 1 aliphatic carbocycles. The molecule has 0 saturated heterocycles. The lowest BCUT2D eigenvalue weighted by molar-refractivity contribution is -0.705. The third-order valence-corrected chi connectivity index (χ3v) is 8.23. The van der Waals surface area contributed by atoms with Gasteiger partial charge in [0.25, 0.3) is 5.03 Å². The van der Waals surface area contributed by atoms with E-state index in [0.717, 1.165) is 41.5 Å². The number of benzene rings is 1. The summed E-state index contributed by atoms with van der Waals surface area (Å²) in [7, 11) is 1.35. The van der Waals surface area contributed by atoms with Crippen molar-refractivity contribution in [3.63, 3.8) is 0 Å². The Hall–Kier alpha value is -2.85. The Labute approximate surface area is 206 Å². The summed E-state index contributed by atoms with van der Waals surface area (Å²) in [6, 6.07) is 9.07. The zero-order valence-electron chi connectivity index (χ0n) is 19.5. The van der Waals surface area contributed by atoms with E-state index in [-0.39, 0.29) is 22.1 Å². The second kappa shape index (κ2) is 9.79. The number of rotatable bonds is 6. The van der Waals surface area contributed by atoms with Crippen LogP contribution in [0.4, 0.5) is 5.00 Å². The molecule has 3 aromatic rings. The maximum Gasteiger partial charge on any atom is 0.341 e. The standard InChI is InChI=1S/C24H27N3O5S2/c1-24(2,3)14-10-11-16-17(12-14)34-20(19(16)22(29)31-4)25-18(28)13-33-21-23(30)32-26-27(21)15-8-6-5-7-9-15/h5-9,14H,10-13H2,1-4H3,(H-,25,26,28,29,30). The minimum absolute atomic E-state index is 0.0446. The van der Waals surface area contributed by atoms with Crippen LogP contribution in [0.25, 0.3) is 5.69 Å². The normalized spacial score (nSPS) is 15.6. The van der Waals surface area contributed by atoms with E-state index >= 15 is 0 Å². The lowest BCUT2D eigenvalue weighted by atomic mass is 9.72. The molecular formula is C24H27N3O5S2. The van der Waals surface area contributed by atoms with Crippen molar-refractivity contribution in [2.24, 2.45) is 11.3 Å². The smallest absolute Gasteiger partial charge is 0.341 e. The van der Waals surface area contributed by atoms with Crippen LogP contribution in [0.3, 0.4) is 0 Å². The molecule has 1 aliphatic rings. The van der Waals surface area contributed by atoms with Crippen molar-refractivity contribution >= 4 is 40.0 Å². The third-order valence-electron chi connectivity index (χ3n) is 6.05. The minimum Gasteiger partial charge on any atom is -0.538 e. The van der Waals surface area contributed by atoms with Crippen LogP contribution in [0.15, 0.2) is 39.9 Å². The summed E-state index contributed by atoms with van der Waals surface area (Å²) < 4.78 is 11.2. The van der Waals surface area contributed by atoms with E-state index in [1.54, 1.807) is 12.1 Å². The quantitative estimate of drug-likeness (QED) is 0.311. The molecule has 0 radical (unpaired) electrons. The maximum absolute atomic E-state index is 12.8. The summed E-state index contributed by atoms with van der Waals surface area (Å²) in [6.45, 7) is 6.69. The van der Waals surface area contributed by atoms with Gasteiger partial charge in [-0.3, -0.25) is 4.79 Å². The van der Waals surface area contributed by atoms with E-state index in [4.69, 9.17) is 9.26 Å². The van der Waals surface area contributed by atoms with Crippen LogP contribution in [0, 0.1) is 11.3 Å². The van der Waals surface area contributed by atoms with Crippen LogP contribution in [0.1, 0.15) is 48.0 Å². The molecule has 2 heterocycles. The molecule has 0 fully saturated rings. The molecule has 10 heteroatoms. The van der Waals surface area contributed by atoms with Gasteiger partial charge in [-0.15, -0.1) is 11.3 Å². The van der Waals surface area contributed by atoms with Crippen molar-refractivity contribution in [1.82, 2.24) is 5.27 Å². The molecule has 4 rings (SSSR count). The van der Waals surface area contributed by atoms with Crippen molar-refractivity contribution in [2.45, 2.75) is 45.1 Å². The molecule has 34 heavy (non-hydrogen) atoms. The number of carbonyl (C=O) groups excluding carboxylic acids is 2. The summed E-state index contributed by atoms with van der Waals surface area (Å²) >= 11 is 2.47. The number of nitrogens with one attached hydrogen (secondary N) is 1. The first-order valence-corrected chi connectivity index (χ1v) is 12.8. The van der Waals surface area contributed by atoms with Crippen LogP contribution >= 0.6 is 23.1 Å². The van der Waals surface area contributed by atoms with Crippen LogP contribution in [0.2, 0.25) is 0 Å². The number of methoxy groups -OCH3 is 1. The van der Waals surface area contributed by atoms with E-state index in [9.17, 15) is 14.7 Å². The molecule has 0 bridgehead atoms. The number of thiophene rings is 1. The second-order valence-electron chi connectivity index (χ2n) is 9.25. The summed E-state index contributed by atoms with van der Waals surface area (Å²) in [6.07, 6.45) is 2.63. The maximum atomic E-state index is 12.8. The second-order valence-corrected chi connectivity index (χ2v) is 11.3. The lowest BCUT2D eigenvalue weighted by Gasteiger charge is -2.33. The van der Waals surface area contributed by atoms with E-state index in [1.165, 1.54) is 23.1 Å². The monoisotopic (exact) mass is 501 g/mol. The highest BCUT2D eigenvalue weighted by Gasteiger charge is 2.34. The zero-order chi connectivity index (χ0) is 24.5. The highest BCUT2D eigenvalue weighted by atomic mass is 32.2. The first-order chi connectivity index (χ1) is 16.2. The van der Waals surface area contributed by atoms with Crippen molar-refractivity contribution in [3.8, 4) is 11.6 Å². The Morgan fingerprint density at radius 2 is 2.06 bits per heavy atom. The van der Waals surface area contributed by atoms with Gasteiger partial charge in [-0.2, -0.15) is 0 Å². The number of hydrogen-bond acceptors (Lipinski definition) is 8. The molecule has 0 aliphatic heterocycles. The zero-order valence-corrected chi connectivity index (χ0v) is 21.2. The molecule has 2 aromatic heterocycles. The first-order valence-electron chi connectivity index (χ1n) is 11.0. The van der Waals surface area contributed by atoms with Gasteiger partial charge in [0.05, 0.1) is 23.7 Å². The fraction of sp³-hybridized carbons (Fsp3) is 0.417. The average Bonchev–Trinajstić information content (AvgIpc) is 3.36. The molecule has 180 valence electrons. The lowest BCUT2D eigenvalue weighted by Crippen LogP contribution is -2.35. The van der Waals surface area contributed by atoms with Gasteiger partial charge in [0, 0.05) is 17.0 Å². The number of ether oxygens (including phenoxy) is 1. The van der Waals surface area contributed by atoms with E-state index in [2.05, 4.69) is 31.4 Å². The molecule has 1 unspecified atom stereocenters. The Kier molecular flexibility index (Phi) is 6.99.